The van der Waals surface area contributed by atoms with Crippen LogP contribution in [-0.2, 0) is 4.79 Å². The SMILES string of the molecule is CN1CCC(O)(C(=O)N2CCNCC2)C1. The summed E-state index contributed by atoms with van der Waals surface area (Å²) in [5, 5.41) is 13.4. The molecule has 0 bridgehead atoms. The van der Waals surface area contributed by atoms with Crippen molar-refractivity contribution in [3.8, 4) is 0 Å². The molecule has 0 aliphatic carbocycles. The number of hydrogen-bond donors (Lipinski definition) is 2. The fourth-order valence-electron chi connectivity index (χ4n) is 2.32. The molecule has 2 aliphatic heterocycles. The summed E-state index contributed by atoms with van der Waals surface area (Å²) in [6, 6.07) is 0. The molecule has 0 aromatic carbocycles. The number of likely N-dealkylation sites (N-methyl/N-ethyl adjacent to an activating group) is 1. The van der Waals surface area contributed by atoms with Crippen molar-refractivity contribution in [2.75, 3.05) is 46.3 Å². The molecule has 0 radical (unpaired) electrons. The van der Waals surface area contributed by atoms with E-state index < -0.39 is 5.60 Å². The van der Waals surface area contributed by atoms with Gasteiger partial charge in [-0.25, -0.2) is 0 Å². The zero-order valence-electron chi connectivity index (χ0n) is 9.20. The first-order valence-electron chi connectivity index (χ1n) is 5.53. The van der Waals surface area contributed by atoms with Crippen LogP contribution in [0.2, 0.25) is 0 Å². The van der Waals surface area contributed by atoms with E-state index in [9.17, 15) is 9.90 Å². The van der Waals surface area contributed by atoms with Crippen LogP contribution in [0.15, 0.2) is 0 Å². The Morgan fingerprint density at radius 2 is 2.00 bits per heavy atom. The molecule has 0 aromatic heterocycles. The van der Waals surface area contributed by atoms with Crippen molar-refractivity contribution >= 4 is 5.91 Å². The highest BCUT2D eigenvalue weighted by molar-refractivity contribution is 5.85. The number of hydrogen-bond acceptors (Lipinski definition) is 4. The Morgan fingerprint density at radius 3 is 2.53 bits per heavy atom. The maximum Gasteiger partial charge on any atom is 0.256 e. The van der Waals surface area contributed by atoms with Gasteiger partial charge in [-0.3, -0.25) is 4.79 Å². The second kappa shape index (κ2) is 4.08. The lowest BCUT2D eigenvalue weighted by molar-refractivity contribution is -0.150. The van der Waals surface area contributed by atoms with E-state index in [1.54, 1.807) is 4.90 Å². The number of aliphatic hydroxyl groups is 1. The van der Waals surface area contributed by atoms with Crippen LogP contribution in [0, 0.1) is 0 Å². The summed E-state index contributed by atoms with van der Waals surface area (Å²) >= 11 is 0. The molecule has 2 fully saturated rings. The molecule has 1 atom stereocenters. The molecule has 0 spiro atoms. The van der Waals surface area contributed by atoms with Crippen molar-refractivity contribution in [2.45, 2.75) is 12.0 Å². The molecule has 2 N–H and O–H groups in total. The highest BCUT2D eigenvalue weighted by Gasteiger charge is 2.43. The summed E-state index contributed by atoms with van der Waals surface area (Å²) in [6.45, 7) is 4.36. The van der Waals surface area contributed by atoms with Crippen LogP contribution in [0.4, 0.5) is 0 Å². The molecule has 15 heavy (non-hydrogen) atoms. The standard InChI is InChI=1S/C10H19N3O2/c1-12-5-2-10(15,8-12)9(14)13-6-3-11-4-7-13/h11,15H,2-8H2,1H3. The quantitative estimate of drug-likeness (QED) is 0.556. The number of carbonyl (C=O) groups is 1. The lowest BCUT2D eigenvalue weighted by Gasteiger charge is -2.33. The lowest BCUT2D eigenvalue weighted by atomic mass is 10.0. The van der Waals surface area contributed by atoms with E-state index in [-0.39, 0.29) is 5.91 Å². The van der Waals surface area contributed by atoms with E-state index in [2.05, 4.69) is 5.32 Å². The summed E-state index contributed by atoms with van der Waals surface area (Å²) < 4.78 is 0. The molecule has 86 valence electrons. The van der Waals surface area contributed by atoms with Gasteiger partial charge in [0.25, 0.3) is 5.91 Å². The molecular formula is C10H19N3O2. The number of likely N-dealkylation sites (tertiary alicyclic amines) is 1. The molecule has 1 amide bonds. The molecule has 2 aliphatic rings. The van der Waals surface area contributed by atoms with E-state index >= 15 is 0 Å². The molecule has 0 saturated carbocycles. The number of nitrogens with zero attached hydrogens (tertiary/aromatic N) is 2. The van der Waals surface area contributed by atoms with Crippen LogP contribution >= 0.6 is 0 Å². The van der Waals surface area contributed by atoms with Gasteiger partial charge in [0.05, 0.1) is 0 Å². The third-order valence-electron chi connectivity index (χ3n) is 3.24. The summed E-state index contributed by atoms with van der Waals surface area (Å²) in [6.07, 6.45) is 0.562. The minimum atomic E-state index is -1.13. The van der Waals surface area contributed by atoms with Crippen LogP contribution in [0.3, 0.4) is 0 Å². The molecule has 0 aromatic rings. The van der Waals surface area contributed by atoms with Crippen LogP contribution in [0.1, 0.15) is 6.42 Å². The Balaban J connectivity index is 1.99. The Kier molecular flexibility index (Phi) is 2.95. The van der Waals surface area contributed by atoms with Crippen LogP contribution < -0.4 is 5.32 Å². The molecular weight excluding hydrogens is 194 g/mol. The van der Waals surface area contributed by atoms with Gasteiger partial charge in [0, 0.05) is 39.3 Å². The van der Waals surface area contributed by atoms with Crippen molar-refractivity contribution in [3.05, 3.63) is 0 Å². The van der Waals surface area contributed by atoms with Gasteiger partial charge in [0.1, 0.15) is 0 Å². The predicted octanol–water partition coefficient (Wildman–Crippen LogP) is -1.52. The first kappa shape index (κ1) is 10.9. The van der Waals surface area contributed by atoms with Gasteiger partial charge in [-0.15, -0.1) is 0 Å². The van der Waals surface area contributed by atoms with Gasteiger partial charge < -0.3 is 20.2 Å². The molecule has 2 rings (SSSR count). The second-order valence-electron chi connectivity index (χ2n) is 4.56. The average Bonchev–Trinajstić information content (AvgIpc) is 2.60. The summed E-state index contributed by atoms with van der Waals surface area (Å²) in [4.78, 5) is 15.9. The normalized spacial score (nSPS) is 33.3. The van der Waals surface area contributed by atoms with Gasteiger partial charge in [-0.2, -0.15) is 0 Å². The predicted molar refractivity (Wildman–Crippen MR) is 56.5 cm³/mol. The van der Waals surface area contributed by atoms with Crippen molar-refractivity contribution < 1.29 is 9.90 Å². The Bertz CT molecular complexity index is 253. The minimum absolute atomic E-state index is 0.0895. The van der Waals surface area contributed by atoms with Gasteiger partial charge in [0.15, 0.2) is 5.60 Å². The number of nitrogens with one attached hydrogen (secondary N) is 1. The average molecular weight is 213 g/mol. The van der Waals surface area contributed by atoms with E-state index in [0.29, 0.717) is 26.1 Å². The van der Waals surface area contributed by atoms with Crippen LogP contribution in [0.25, 0.3) is 0 Å². The summed E-state index contributed by atoms with van der Waals surface area (Å²) in [5.74, 6) is -0.0895. The first-order valence-corrected chi connectivity index (χ1v) is 5.53. The van der Waals surface area contributed by atoms with Crippen molar-refractivity contribution in [3.63, 3.8) is 0 Å². The number of β-amino-alcohol motifs (C(OH)–C–C–N with tert-alkyl or cyclic N) is 1. The molecule has 5 nitrogen and oxygen atoms in total. The van der Waals surface area contributed by atoms with Gasteiger partial charge in [0.2, 0.25) is 0 Å². The molecule has 2 heterocycles. The van der Waals surface area contributed by atoms with Crippen LogP contribution in [0.5, 0.6) is 0 Å². The second-order valence-corrected chi connectivity index (χ2v) is 4.56. The minimum Gasteiger partial charge on any atom is -0.379 e. The van der Waals surface area contributed by atoms with E-state index in [1.165, 1.54) is 0 Å². The topological polar surface area (TPSA) is 55.8 Å². The van der Waals surface area contributed by atoms with E-state index in [4.69, 9.17) is 0 Å². The maximum atomic E-state index is 12.1. The zero-order chi connectivity index (χ0) is 10.9. The fourth-order valence-corrected chi connectivity index (χ4v) is 2.32. The zero-order valence-corrected chi connectivity index (χ0v) is 9.20. The van der Waals surface area contributed by atoms with Gasteiger partial charge in [-0.1, -0.05) is 0 Å². The third kappa shape index (κ3) is 2.14. The molecule has 2 saturated heterocycles. The number of rotatable bonds is 1. The van der Waals surface area contributed by atoms with E-state index in [0.717, 1.165) is 19.6 Å². The monoisotopic (exact) mass is 213 g/mol. The Hall–Kier alpha value is -0.650. The van der Waals surface area contributed by atoms with Gasteiger partial charge in [-0.05, 0) is 13.5 Å². The third-order valence-corrected chi connectivity index (χ3v) is 3.24. The maximum absolute atomic E-state index is 12.1. The van der Waals surface area contributed by atoms with Crippen molar-refractivity contribution in [2.24, 2.45) is 0 Å². The van der Waals surface area contributed by atoms with Crippen LogP contribution in [-0.4, -0.2) is 72.7 Å². The summed E-state index contributed by atoms with van der Waals surface area (Å²) in [5.41, 5.74) is -1.13. The number of amides is 1. The smallest absolute Gasteiger partial charge is 0.256 e. The van der Waals surface area contributed by atoms with Crippen molar-refractivity contribution in [1.82, 2.24) is 15.1 Å². The van der Waals surface area contributed by atoms with Gasteiger partial charge >= 0.3 is 0 Å². The van der Waals surface area contributed by atoms with Crippen molar-refractivity contribution in [1.29, 1.82) is 0 Å². The largest absolute Gasteiger partial charge is 0.379 e. The Morgan fingerprint density at radius 1 is 1.33 bits per heavy atom. The molecule has 1 unspecified atom stereocenters. The number of carbonyl (C=O) groups excluding carboxylic acids is 1. The Labute approximate surface area is 90.0 Å². The first-order chi connectivity index (χ1) is 7.12. The number of piperazine rings is 1. The summed E-state index contributed by atoms with van der Waals surface area (Å²) in [7, 11) is 1.93. The highest BCUT2D eigenvalue weighted by Crippen LogP contribution is 2.22. The fraction of sp³-hybridized carbons (Fsp3) is 0.900. The highest BCUT2D eigenvalue weighted by atomic mass is 16.3. The lowest BCUT2D eigenvalue weighted by Crippen LogP contribution is -2.55. The van der Waals surface area contributed by atoms with E-state index in [1.807, 2.05) is 11.9 Å². The molecule has 5 heteroatoms.